The number of hydrogen-bond donors (Lipinski definition) is 2. The summed E-state index contributed by atoms with van der Waals surface area (Å²) in [5.41, 5.74) is 2.04. The number of hydrogen-bond acceptors (Lipinski definition) is 6. The molecule has 0 aliphatic carbocycles. The Morgan fingerprint density at radius 2 is 1.86 bits per heavy atom. The van der Waals surface area contributed by atoms with Crippen molar-refractivity contribution < 1.29 is 14.4 Å². The first-order valence-corrected chi connectivity index (χ1v) is 9.37. The van der Waals surface area contributed by atoms with Crippen LogP contribution in [0.4, 0.5) is 5.82 Å². The van der Waals surface area contributed by atoms with Crippen LogP contribution < -0.4 is 5.32 Å². The molecular weight excluding hydrogens is 356 g/mol. The number of nitrogens with one attached hydrogen (secondary N) is 1. The van der Waals surface area contributed by atoms with E-state index in [1.165, 1.54) is 5.56 Å². The summed E-state index contributed by atoms with van der Waals surface area (Å²) in [6.45, 7) is 2.77. The van der Waals surface area contributed by atoms with Gasteiger partial charge in [0, 0.05) is 43.6 Å². The fraction of sp³-hybridized carbons (Fsp3) is 0.286. The van der Waals surface area contributed by atoms with Crippen molar-refractivity contribution in [3.63, 3.8) is 0 Å². The molecule has 3 heterocycles. The molecule has 0 bridgehead atoms. The highest BCUT2D eigenvalue weighted by Crippen LogP contribution is 2.30. The van der Waals surface area contributed by atoms with Gasteiger partial charge in [-0.3, -0.25) is 9.88 Å². The minimum absolute atomic E-state index is 0.0883. The van der Waals surface area contributed by atoms with Crippen LogP contribution in [-0.2, 0) is 6.54 Å². The number of anilines is 1. The predicted molar refractivity (Wildman–Crippen MR) is 105 cm³/mol. The smallest absolute Gasteiger partial charge is 0.343 e. The Hall–Kier alpha value is -3.19. The molecule has 28 heavy (non-hydrogen) atoms. The Morgan fingerprint density at radius 1 is 1.14 bits per heavy atom. The second-order valence-electron chi connectivity index (χ2n) is 6.96. The van der Waals surface area contributed by atoms with E-state index >= 15 is 0 Å². The van der Waals surface area contributed by atoms with Gasteiger partial charge in [-0.2, -0.15) is 0 Å². The lowest BCUT2D eigenvalue weighted by Gasteiger charge is -2.32. The molecule has 1 aliphatic rings. The summed E-state index contributed by atoms with van der Waals surface area (Å²) in [6, 6.07) is 13.4. The first-order chi connectivity index (χ1) is 13.7. The van der Waals surface area contributed by atoms with E-state index in [0.717, 1.165) is 32.5 Å². The number of nitrogens with zero attached hydrogens (tertiary/aromatic N) is 3. The Morgan fingerprint density at radius 3 is 2.54 bits per heavy atom. The molecule has 1 aliphatic heterocycles. The number of carboxylic acids is 1. The van der Waals surface area contributed by atoms with Crippen LogP contribution in [0.1, 0.15) is 28.8 Å². The van der Waals surface area contributed by atoms with Crippen molar-refractivity contribution in [2.75, 3.05) is 18.4 Å². The van der Waals surface area contributed by atoms with E-state index in [4.69, 9.17) is 4.52 Å². The summed E-state index contributed by atoms with van der Waals surface area (Å²) in [5, 5.41) is 17.0. The lowest BCUT2D eigenvalue weighted by Crippen LogP contribution is -2.38. The van der Waals surface area contributed by atoms with Crippen LogP contribution in [0.5, 0.6) is 0 Å². The van der Waals surface area contributed by atoms with E-state index < -0.39 is 5.97 Å². The zero-order chi connectivity index (χ0) is 19.3. The largest absolute Gasteiger partial charge is 0.477 e. The van der Waals surface area contributed by atoms with E-state index in [-0.39, 0.29) is 17.4 Å². The maximum atomic E-state index is 11.8. The first-order valence-electron chi connectivity index (χ1n) is 9.37. The molecular formula is C21H22N4O3. The summed E-state index contributed by atoms with van der Waals surface area (Å²) in [4.78, 5) is 18.3. The minimum atomic E-state index is -1.04. The second-order valence-corrected chi connectivity index (χ2v) is 6.96. The van der Waals surface area contributed by atoms with Crippen molar-refractivity contribution in [1.82, 2.24) is 15.0 Å². The standard InChI is InChI=1S/C21H22N4O3/c26-21(27)18-19(16-4-2-1-3-5-16)28-24-20(18)23-17-8-12-25(13-9-17)14-15-6-10-22-11-7-15/h1-7,10-11,17H,8-9,12-14H2,(H,23,24)(H,26,27). The molecule has 7 nitrogen and oxygen atoms in total. The molecule has 1 saturated heterocycles. The number of benzene rings is 1. The Balaban J connectivity index is 1.41. The molecule has 7 heteroatoms. The molecule has 3 aromatic rings. The van der Waals surface area contributed by atoms with E-state index in [2.05, 4.69) is 20.4 Å². The Bertz CT molecular complexity index is 919. The third-order valence-electron chi connectivity index (χ3n) is 5.03. The SMILES string of the molecule is O=C(O)c1c(NC2CCN(Cc3ccncc3)CC2)noc1-c1ccccc1. The second kappa shape index (κ2) is 8.22. The fourth-order valence-corrected chi connectivity index (χ4v) is 3.55. The molecule has 0 radical (unpaired) electrons. The highest BCUT2D eigenvalue weighted by Gasteiger charge is 2.27. The zero-order valence-corrected chi connectivity index (χ0v) is 15.4. The van der Waals surface area contributed by atoms with Crippen LogP contribution in [0.15, 0.2) is 59.4 Å². The molecule has 0 saturated carbocycles. The van der Waals surface area contributed by atoms with Gasteiger partial charge in [-0.05, 0) is 30.5 Å². The lowest BCUT2D eigenvalue weighted by atomic mass is 10.0. The topological polar surface area (TPSA) is 91.5 Å². The average molecular weight is 378 g/mol. The van der Waals surface area contributed by atoms with Gasteiger partial charge in [-0.1, -0.05) is 35.5 Å². The summed E-state index contributed by atoms with van der Waals surface area (Å²) >= 11 is 0. The Labute approximate surface area is 163 Å². The quantitative estimate of drug-likeness (QED) is 0.678. The number of piperidine rings is 1. The van der Waals surface area contributed by atoms with Crippen LogP contribution in [0, 0.1) is 0 Å². The van der Waals surface area contributed by atoms with Gasteiger partial charge in [0.05, 0.1) is 0 Å². The average Bonchev–Trinajstić information content (AvgIpc) is 3.15. The van der Waals surface area contributed by atoms with Gasteiger partial charge in [0.2, 0.25) is 0 Å². The third-order valence-corrected chi connectivity index (χ3v) is 5.03. The van der Waals surface area contributed by atoms with Crippen LogP contribution in [-0.4, -0.2) is 45.2 Å². The number of aromatic nitrogens is 2. The molecule has 0 amide bonds. The molecule has 1 fully saturated rings. The number of carbonyl (C=O) groups is 1. The summed E-state index contributed by atoms with van der Waals surface area (Å²) < 4.78 is 5.38. The maximum Gasteiger partial charge on any atom is 0.343 e. The van der Waals surface area contributed by atoms with Crippen molar-refractivity contribution in [2.24, 2.45) is 0 Å². The number of aromatic carboxylic acids is 1. The molecule has 0 unspecified atom stereocenters. The zero-order valence-electron chi connectivity index (χ0n) is 15.4. The molecule has 0 spiro atoms. The molecule has 1 aromatic carbocycles. The van der Waals surface area contributed by atoms with Crippen molar-refractivity contribution in [1.29, 1.82) is 0 Å². The highest BCUT2D eigenvalue weighted by molar-refractivity contribution is 5.99. The van der Waals surface area contributed by atoms with Crippen molar-refractivity contribution in [2.45, 2.75) is 25.4 Å². The van der Waals surface area contributed by atoms with Gasteiger partial charge in [-0.15, -0.1) is 0 Å². The lowest BCUT2D eigenvalue weighted by molar-refractivity contribution is 0.0698. The van der Waals surface area contributed by atoms with Gasteiger partial charge >= 0.3 is 5.97 Å². The summed E-state index contributed by atoms with van der Waals surface area (Å²) in [6.07, 6.45) is 5.45. The molecule has 0 atom stereocenters. The Kier molecular flexibility index (Phi) is 5.34. The fourth-order valence-electron chi connectivity index (χ4n) is 3.55. The monoisotopic (exact) mass is 378 g/mol. The third kappa shape index (κ3) is 4.04. The van der Waals surface area contributed by atoms with E-state index in [0.29, 0.717) is 11.4 Å². The number of rotatable bonds is 6. The number of likely N-dealkylation sites (tertiary alicyclic amines) is 1. The van der Waals surface area contributed by atoms with Crippen LogP contribution >= 0.6 is 0 Å². The molecule has 4 rings (SSSR count). The molecule has 144 valence electrons. The number of pyridine rings is 1. The van der Waals surface area contributed by atoms with Crippen LogP contribution in [0.3, 0.4) is 0 Å². The normalized spacial score (nSPS) is 15.4. The highest BCUT2D eigenvalue weighted by atomic mass is 16.5. The van der Waals surface area contributed by atoms with Crippen molar-refractivity contribution >= 4 is 11.8 Å². The van der Waals surface area contributed by atoms with Gasteiger partial charge < -0.3 is 14.9 Å². The van der Waals surface area contributed by atoms with E-state index in [1.54, 1.807) is 0 Å². The first kappa shape index (κ1) is 18.2. The molecule has 2 aromatic heterocycles. The van der Waals surface area contributed by atoms with Gasteiger partial charge in [0.15, 0.2) is 17.1 Å². The number of carboxylic acid groups (broad SMARTS) is 1. The summed E-state index contributed by atoms with van der Waals surface area (Å²) in [7, 11) is 0. The maximum absolute atomic E-state index is 11.8. The minimum Gasteiger partial charge on any atom is -0.477 e. The molecule has 2 N–H and O–H groups in total. The van der Waals surface area contributed by atoms with Gasteiger partial charge in [0.25, 0.3) is 0 Å². The van der Waals surface area contributed by atoms with E-state index in [9.17, 15) is 9.90 Å². The van der Waals surface area contributed by atoms with E-state index in [1.807, 2.05) is 54.9 Å². The summed E-state index contributed by atoms with van der Waals surface area (Å²) in [5.74, 6) is -0.456. The predicted octanol–water partition coefficient (Wildman–Crippen LogP) is 3.51. The van der Waals surface area contributed by atoms with Gasteiger partial charge in [-0.25, -0.2) is 4.79 Å². The van der Waals surface area contributed by atoms with Crippen molar-refractivity contribution in [3.8, 4) is 11.3 Å². The van der Waals surface area contributed by atoms with Crippen LogP contribution in [0.2, 0.25) is 0 Å². The van der Waals surface area contributed by atoms with Gasteiger partial charge in [0.1, 0.15) is 0 Å². The van der Waals surface area contributed by atoms with Crippen molar-refractivity contribution in [3.05, 3.63) is 66.0 Å². The van der Waals surface area contributed by atoms with Crippen LogP contribution in [0.25, 0.3) is 11.3 Å².